The van der Waals surface area contributed by atoms with Crippen LogP contribution in [0.5, 0.6) is 0 Å². The Kier molecular flexibility index (Phi) is 9.68. The third-order valence-corrected chi connectivity index (χ3v) is 3.43. The molecule has 0 bridgehead atoms. The average molecular weight is 279 g/mol. The van der Waals surface area contributed by atoms with E-state index in [9.17, 15) is 0 Å². The summed E-state index contributed by atoms with van der Waals surface area (Å²) < 4.78 is 27.2. The van der Waals surface area contributed by atoms with E-state index in [1.807, 2.05) is 4.90 Å². The third kappa shape index (κ3) is 12.3. The molecule has 1 heterocycles. The predicted molar refractivity (Wildman–Crippen MR) is 73.8 cm³/mol. The number of nitrogens with one attached hydrogen (secondary N) is 1. The fourth-order valence-corrected chi connectivity index (χ4v) is 2.41. The van der Waals surface area contributed by atoms with Gasteiger partial charge >= 0.3 is 0 Å². The summed E-state index contributed by atoms with van der Waals surface area (Å²) in [7, 11) is -3.92. The summed E-state index contributed by atoms with van der Waals surface area (Å²) >= 11 is 0. The van der Waals surface area contributed by atoms with E-state index in [4.69, 9.17) is 13.0 Å². The van der Waals surface area contributed by atoms with Crippen LogP contribution in [0, 0.1) is 0 Å². The van der Waals surface area contributed by atoms with Crippen LogP contribution in [0.25, 0.3) is 0 Å². The first-order valence-corrected chi connectivity index (χ1v) is 8.91. The lowest BCUT2D eigenvalue weighted by molar-refractivity contribution is -0.910. The van der Waals surface area contributed by atoms with E-state index in [0.29, 0.717) is 6.26 Å². The number of hydrogen-bond donors (Lipinski definition) is 1. The van der Waals surface area contributed by atoms with Gasteiger partial charge in [0, 0.05) is 19.1 Å². The molecule has 0 aromatic heterocycles. The minimum atomic E-state index is -3.92. The van der Waals surface area contributed by atoms with E-state index in [1.54, 1.807) is 0 Å². The molecular weight excluding hydrogens is 250 g/mol. The zero-order chi connectivity index (χ0) is 14.0. The molecule has 1 rings (SSSR count). The number of likely N-dealkylation sites (tertiary alicyclic amines) is 1. The summed E-state index contributed by atoms with van der Waals surface area (Å²) in [4.78, 5) is 1.87. The van der Waals surface area contributed by atoms with Crippen molar-refractivity contribution in [3.8, 4) is 0 Å². The first kappa shape index (κ1) is 17.9. The Balaban J connectivity index is 0.000000494. The van der Waals surface area contributed by atoms with Crippen LogP contribution in [0.4, 0.5) is 0 Å². The third-order valence-electron chi connectivity index (χ3n) is 3.43. The van der Waals surface area contributed by atoms with Crippen LogP contribution >= 0.6 is 0 Å². The summed E-state index contributed by atoms with van der Waals surface area (Å²) in [6.45, 7) is 7.57. The maximum Gasteiger partial charge on any atom is 0.0916 e. The molecule has 1 saturated heterocycles. The van der Waals surface area contributed by atoms with Crippen molar-refractivity contribution in [2.45, 2.75) is 64.8 Å². The fraction of sp³-hybridized carbons (Fsp3) is 1.00. The molecule has 1 aliphatic rings. The second-order valence-corrected chi connectivity index (χ2v) is 6.73. The minimum absolute atomic E-state index is 0.604. The summed E-state index contributed by atoms with van der Waals surface area (Å²) in [5.74, 6) is 0. The second-order valence-electron chi connectivity index (χ2n) is 5.32. The highest BCUT2D eigenvalue weighted by Crippen LogP contribution is 2.02. The quantitative estimate of drug-likeness (QED) is 0.587. The molecule has 1 aliphatic heterocycles. The molecule has 1 N–H and O–H groups in total. The maximum absolute atomic E-state index is 9.08. The highest BCUT2D eigenvalue weighted by atomic mass is 32.2. The van der Waals surface area contributed by atoms with Gasteiger partial charge in [-0.05, 0) is 19.8 Å². The maximum atomic E-state index is 9.08. The zero-order valence-corrected chi connectivity index (χ0v) is 12.9. The van der Waals surface area contributed by atoms with Crippen molar-refractivity contribution in [3.05, 3.63) is 0 Å². The standard InChI is InChI=1S/C12H25N.CH4O3S/c1-3-4-5-6-7-10-13-11-8-9-12(13)2;1-5(2,3)4/h12H,3-11H2,1-2H3;1H3,(H,2,3,4). The van der Waals surface area contributed by atoms with Crippen molar-refractivity contribution < 1.29 is 17.9 Å². The van der Waals surface area contributed by atoms with Crippen LogP contribution in [-0.2, 0) is 10.1 Å². The van der Waals surface area contributed by atoms with Gasteiger partial charge in [-0.25, -0.2) is 8.42 Å². The number of rotatable bonds is 6. The van der Waals surface area contributed by atoms with Crippen molar-refractivity contribution in [1.29, 1.82) is 0 Å². The van der Waals surface area contributed by atoms with Crippen molar-refractivity contribution >= 4 is 10.1 Å². The first-order chi connectivity index (χ1) is 8.34. The highest BCUT2D eigenvalue weighted by Gasteiger charge is 2.22. The van der Waals surface area contributed by atoms with Crippen molar-refractivity contribution in [2.75, 3.05) is 19.3 Å². The lowest BCUT2D eigenvalue weighted by atomic mass is 10.1. The Bertz CT molecular complexity index is 283. The van der Waals surface area contributed by atoms with Gasteiger partial charge in [0.2, 0.25) is 0 Å². The molecule has 0 spiro atoms. The second kappa shape index (κ2) is 9.75. The molecule has 5 heteroatoms. The SMILES string of the molecule is CCCCCCC[NH+]1CCCC1C.CS(=O)(=O)[O-]. The van der Waals surface area contributed by atoms with Gasteiger partial charge in [0.25, 0.3) is 0 Å². The van der Waals surface area contributed by atoms with Gasteiger partial charge in [0.1, 0.15) is 0 Å². The van der Waals surface area contributed by atoms with Gasteiger partial charge < -0.3 is 9.45 Å². The van der Waals surface area contributed by atoms with Crippen LogP contribution < -0.4 is 4.90 Å². The smallest absolute Gasteiger partial charge is 0.0916 e. The lowest BCUT2D eigenvalue weighted by Gasteiger charge is -2.17. The monoisotopic (exact) mass is 279 g/mol. The molecule has 0 radical (unpaired) electrons. The fourth-order valence-electron chi connectivity index (χ4n) is 2.41. The van der Waals surface area contributed by atoms with Gasteiger partial charge in [-0.1, -0.05) is 26.2 Å². The Morgan fingerprint density at radius 3 is 2.22 bits per heavy atom. The van der Waals surface area contributed by atoms with Crippen LogP contribution in [-0.4, -0.2) is 38.4 Å². The van der Waals surface area contributed by atoms with Gasteiger partial charge in [-0.15, -0.1) is 0 Å². The summed E-state index contributed by atoms with van der Waals surface area (Å²) in [6.07, 6.45) is 10.7. The van der Waals surface area contributed by atoms with Crippen LogP contribution in [0.2, 0.25) is 0 Å². The zero-order valence-electron chi connectivity index (χ0n) is 12.1. The van der Waals surface area contributed by atoms with E-state index in [2.05, 4.69) is 13.8 Å². The highest BCUT2D eigenvalue weighted by molar-refractivity contribution is 7.84. The van der Waals surface area contributed by atoms with Crippen LogP contribution in [0.1, 0.15) is 58.8 Å². The predicted octanol–water partition coefficient (Wildman–Crippen LogP) is 1.19. The summed E-state index contributed by atoms with van der Waals surface area (Å²) in [5.41, 5.74) is 0. The van der Waals surface area contributed by atoms with E-state index < -0.39 is 10.1 Å². The van der Waals surface area contributed by atoms with Crippen molar-refractivity contribution in [1.82, 2.24) is 0 Å². The van der Waals surface area contributed by atoms with Crippen molar-refractivity contribution in [2.24, 2.45) is 0 Å². The Morgan fingerprint density at radius 2 is 1.78 bits per heavy atom. The van der Waals surface area contributed by atoms with E-state index >= 15 is 0 Å². The molecule has 1 fully saturated rings. The average Bonchev–Trinajstić information content (AvgIpc) is 2.62. The Morgan fingerprint density at radius 1 is 1.22 bits per heavy atom. The van der Waals surface area contributed by atoms with Gasteiger partial charge in [0.05, 0.1) is 29.2 Å². The van der Waals surface area contributed by atoms with Crippen LogP contribution in [0.15, 0.2) is 0 Å². The Labute approximate surface area is 113 Å². The minimum Gasteiger partial charge on any atom is -0.748 e. The molecule has 110 valence electrons. The van der Waals surface area contributed by atoms with E-state index in [-0.39, 0.29) is 0 Å². The topological polar surface area (TPSA) is 61.6 Å². The van der Waals surface area contributed by atoms with Gasteiger partial charge in [-0.3, -0.25) is 0 Å². The first-order valence-electron chi connectivity index (χ1n) is 7.10. The van der Waals surface area contributed by atoms with Gasteiger partial charge in [0.15, 0.2) is 0 Å². The number of quaternary nitrogens is 1. The molecule has 2 unspecified atom stereocenters. The summed E-state index contributed by atoms with van der Waals surface area (Å²) in [5, 5.41) is 0. The molecule has 4 nitrogen and oxygen atoms in total. The normalized spacial score (nSPS) is 23.6. The van der Waals surface area contributed by atoms with Crippen molar-refractivity contribution in [3.63, 3.8) is 0 Å². The molecule has 0 aliphatic carbocycles. The van der Waals surface area contributed by atoms with E-state index in [1.165, 1.54) is 58.0 Å². The molecular formula is C13H29NO3S. The largest absolute Gasteiger partial charge is 0.748 e. The van der Waals surface area contributed by atoms with Gasteiger partial charge in [-0.2, -0.15) is 0 Å². The molecule has 0 amide bonds. The molecule has 0 aromatic rings. The van der Waals surface area contributed by atoms with Crippen LogP contribution in [0.3, 0.4) is 0 Å². The van der Waals surface area contributed by atoms with E-state index in [0.717, 1.165) is 6.04 Å². The summed E-state index contributed by atoms with van der Waals surface area (Å²) in [6, 6.07) is 0.950. The number of unbranched alkanes of at least 4 members (excludes halogenated alkanes) is 4. The Hall–Kier alpha value is -0.130. The molecule has 0 saturated carbocycles. The lowest BCUT2D eigenvalue weighted by Crippen LogP contribution is -3.13. The molecule has 18 heavy (non-hydrogen) atoms. The molecule has 0 aromatic carbocycles. The molecule has 2 atom stereocenters. The number of hydrogen-bond acceptors (Lipinski definition) is 3.